The molecule has 0 aliphatic rings. The topological polar surface area (TPSA) is 52.3 Å². The third-order valence-corrected chi connectivity index (χ3v) is 2.99. The average molecular weight is 277 g/mol. The minimum Gasteiger partial charge on any atom is -0.495 e. The fraction of sp³-hybridized carbons (Fsp3) is 0.133. The second-order valence-electron chi connectivity index (χ2n) is 4.37. The van der Waals surface area contributed by atoms with E-state index in [9.17, 15) is 13.6 Å². The molecule has 0 spiro atoms. The highest BCUT2D eigenvalue weighted by Crippen LogP contribution is 2.25. The number of hydrogen-bond acceptors (Lipinski definition) is 3. The van der Waals surface area contributed by atoms with Crippen molar-refractivity contribution in [2.75, 3.05) is 12.8 Å². The fourth-order valence-electron chi connectivity index (χ4n) is 1.83. The first kappa shape index (κ1) is 14.0. The number of halogens is 2. The van der Waals surface area contributed by atoms with E-state index in [-0.39, 0.29) is 16.7 Å². The molecule has 104 valence electrons. The molecule has 0 amide bonds. The largest absolute Gasteiger partial charge is 0.495 e. The number of methoxy groups -OCH3 is 1. The third kappa shape index (κ3) is 2.47. The van der Waals surface area contributed by atoms with Crippen LogP contribution in [0.4, 0.5) is 14.5 Å². The average Bonchev–Trinajstić information content (AvgIpc) is 2.42. The molecule has 0 bridgehead atoms. The number of carbonyl (C=O) groups excluding carboxylic acids is 1. The summed E-state index contributed by atoms with van der Waals surface area (Å²) in [7, 11) is 1.41. The lowest BCUT2D eigenvalue weighted by atomic mass is 10.0. The number of hydrogen-bond donors (Lipinski definition) is 1. The molecule has 3 nitrogen and oxygen atoms in total. The molecule has 0 saturated heterocycles. The van der Waals surface area contributed by atoms with Gasteiger partial charge < -0.3 is 10.5 Å². The Bertz CT molecular complexity index is 684. The molecule has 0 aliphatic carbocycles. The molecule has 0 saturated carbocycles. The summed E-state index contributed by atoms with van der Waals surface area (Å²) in [6.07, 6.45) is 0. The predicted molar refractivity (Wildman–Crippen MR) is 71.9 cm³/mol. The van der Waals surface area contributed by atoms with Gasteiger partial charge in [-0.25, -0.2) is 8.78 Å². The zero-order valence-corrected chi connectivity index (χ0v) is 11.0. The predicted octanol–water partition coefficient (Wildman–Crippen LogP) is 3.10. The molecule has 0 radical (unpaired) electrons. The molecule has 2 aromatic carbocycles. The van der Waals surface area contributed by atoms with Crippen LogP contribution in [0, 0.1) is 18.6 Å². The van der Waals surface area contributed by atoms with Gasteiger partial charge in [-0.05, 0) is 42.8 Å². The number of ether oxygens (including phenoxy) is 1. The van der Waals surface area contributed by atoms with Crippen LogP contribution in [-0.4, -0.2) is 12.9 Å². The number of ketones is 1. The number of anilines is 1. The van der Waals surface area contributed by atoms with Crippen LogP contribution in [0.15, 0.2) is 30.3 Å². The molecule has 0 aromatic heterocycles. The number of nitrogen functional groups attached to an aromatic ring is 1. The van der Waals surface area contributed by atoms with Crippen molar-refractivity contribution < 1.29 is 18.3 Å². The highest BCUT2D eigenvalue weighted by Gasteiger charge is 2.17. The van der Waals surface area contributed by atoms with E-state index in [0.29, 0.717) is 11.4 Å². The highest BCUT2D eigenvalue weighted by molar-refractivity contribution is 6.09. The molecular formula is C15H13F2NO2. The molecule has 2 N–H and O–H groups in total. The second kappa shape index (κ2) is 5.28. The molecule has 0 fully saturated rings. The maximum absolute atomic E-state index is 13.8. The van der Waals surface area contributed by atoms with Crippen LogP contribution in [0.5, 0.6) is 5.75 Å². The summed E-state index contributed by atoms with van der Waals surface area (Å²) in [6, 6.07) is 6.22. The lowest BCUT2D eigenvalue weighted by Crippen LogP contribution is -2.07. The summed E-state index contributed by atoms with van der Waals surface area (Å²) < 4.78 is 32.3. The SMILES string of the molecule is COc1cc(C(=O)c2cc(F)c(C)cc2F)ccc1N. The molecule has 2 rings (SSSR count). The van der Waals surface area contributed by atoms with Crippen molar-refractivity contribution in [1.29, 1.82) is 0 Å². The Morgan fingerprint density at radius 1 is 1.15 bits per heavy atom. The Kier molecular flexibility index (Phi) is 3.70. The van der Waals surface area contributed by atoms with Crippen molar-refractivity contribution >= 4 is 11.5 Å². The summed E-state index contributed by atoms with van der Waals surface area (Å²) in [6.45, 7) is 1.43. The Morgan fingerprint density at radius 3 is 2.50 bits per heavy atom. The summed E-state index contributed by atoms with van der Waals surface area (Å²) >= 11 is 0. The number of nitrogens with two attached hydrogens (primary N) is 1. The summed E-state index contributed by atoms with van der Waals surface area (Å²) in [5.41, 5.74) is 6.01. The summed E-state index contributed by atoms with van der Waals surface area (Å²) in [5.74, 6) is -1.70. The first-order valence-electron chi connectivity index (χ1n) is 5.88. The van der Waals surface area contributed by atoms with Gasteiger partial charge in [0.05, 0.1) is 18.4 Å². The Hall–Kier alpha value is -2.43. The minimum absolute atomic E-state index is 0.147. The van der Waals surface area contributed by atoms with Gasteiger partial charge in [-0.3, -0.25) is 4.79 Å². The van der Waals surface area contributed by atoms with E-state index in [1.54, 1.807) is 0 Å². The second-order valence-corrected chi connectivity index (χ2v) is 4.37. The van der Waals surface area contributed by atoms with Crippen molar-refractivity contribution in [3.63, 3.8) is 0 Å². The van der Waals surface area contributed by atoms with Gasteiger partial charge in [-0.1, -0.05) is 0 Å². The Morgan fingerprint density at radius 2 is 1.85 bits per heavy atom. The number of aryl methyl sites for hydroxylation is 1. The van der Waals surface area contributed by atoms with Gasteiger partial charge in [0.2, 0.25) is 0 Å². The number of carbonyl (C=O) groups is 1. The Balaban J connectivity index is 2.49. The number of benzene rings is 2. The molecule has 0 atom stereocenters. The van der Waals surface area contributed by atoms with Gasteiger partial charge in [0, 0.05) is 5.56 Å². The standard InChI is InChI=1S/C15H13F2NO2/c1-8-5-12(17)10(7-11(8)16)15(19)9-3-4-13(18)14(6-9)20-2/h3-7H,18H2,1-2H3. The van der Waals surface area contributed by atoms with E-state index in [1.165, 1.54) is 32.2 Å². The van der Waals surface area contributed by atoms with Crippen molar-refractivity contribution in [3.05, 3.63) is 58.7 Å². The molecule has 5 heteroatoms. The van der Waals surface area contributed by atoms with E-state index in [4.69, 9.17) is 10.5 Å². The first-order valence-corrected chi connectivity index (χ1v) is 5.88. The van der Waals surface area contributed by atoms with Crippen molar-refractivity contribution in [1.82, 2.24) is 0 Å². The van der Waals surface area contributed by atoms with E-state index >= 15 is 0 Å². The maximum atomic E-state index is 13.8. The molecule has 0 unspecified atom stereocenters. The zero-order chi connectivity index (χ0) is 14.9. The van der Waals surface area contributed by atoms with E-state index in [1.807, 2.05) is 0 Å². The van der Waals surface area contributed by atoms with Crippen LogP contribution < -0.4 is 10.5 Å². The lowest BCUT2D eigenvalue weighted by molar-refractivity contribution is 0.103. The fourth-order valence-corrected chi connectivity index (χ4v) is 1.83. The van der Waals surface area contributed by atoms with Crippen LogP contribution in [0.3, 0.4) is 0 Å². The molecule has 2 aromatic rings. The van der Waals surface area contributed by atoms with Crippen LogP contribution in [0.2, 0.25) is 0 Å². The van der Waals surface area contributed by atoms with Crippen molar-refractivity contribution in [2.24, 2.45) is 0 Å². The zero-order valence-electron chi connectivity index (χ0n) is 11.0. The van der Waals surface area contributed by atoms with Gasteiger partial charge in [0.15, 0.2) is 5.78 Å². The molecule has 0 aliphatic heterocycles. The summed E-state index contributed by atoms with van der Waals surface area (Å²) in [4.78, 5) is 12.2. The molecule has 0 heterocycles. The summed E-state index contributed by atoms with van der Waals surface area (Å²) in [5, 5.41) is 0. The van der Waals surface area contributed by atoms with Crippen molar-refractivity contribution in [3.8, 4) is 5.75 Å². The van der Waals surface area contributed by atoms with E-state index in [0.717, 1.165) is 12.1 Å². The molecular weight excluding hydrogens is 264 g/mol. The van der Waals surface area contributed by atoms with Crippen molar-refractivity contribution in [2.45, 2.75) is 6.92 Å². The van der Waals surface area contributed by atoms with E-state index < -0.39 is 17.4 Å². The third-order valence-electron chi connectivity index (χ3n) is 2.99. The smallest absolute Gasteiger partial charge is 0.196 e. The number of rotatable bonds is 3. The maximum Gasteiger partial charge on any atom is 0.196 e. The quantitative estimate of drug-likeness (QED) is 0.693. The normalized spacial score (nSPS) is 10.4. The highest BCUT2D eigenvalue weighted by atomic mass is 19.1. The van der Waals surface area contributed by atoms with E-state index in [2.05, 4.69) is 0 Å². The van der Waals surface area contributed by atoms with Crippen LogP contribution >= 0.6 is 0 Å². The molecule has 20 heavy (non-hydrogen) atoms. The minimum atomic E-state index is -0.760. The first-order chi connectivity index (χ1) is 9.43. The van der Waals surface area contributed by atoms with Gasteiger partial charge >= 0.3 is 0 Å². The Labute approximate surface area is 115 Å². The van der Waals surface area contributed by atoms with Crippen LogP contribution in [-0.2, 0) is 0 Å². The monoisotopic (exact) mass is 277 g/mol. The van der Waals surface area contributed by atoms with Gasteiger partial charge in [0.25, 0.3) is 0 Å². The van der Waals surface area contributed by atoms with Crippen LogP contribution in [0.1, 0.15) is 21.5 Å². The van der Waals surface area contributed by atoms with Gasteiger partial charge in [-0.15, -0.1) is 0 Å². The van der Waals surface area contributed by atoms with Gasteiger partial charge in [-0.2, -0.15) is 0 Å². The van der Waals surface area contributed by atoms with Crippen LogP contribution in [0.25, 0.3) is 0 Å². The lowest BCUT2D eigenvalue weighted by Gasteiger charge is -2.08. The van der Waals surface area contributed by atoms with Gasteiger partial charge in [0.1, 0.15) is 17.4 Å².